The van der Waals surface area contributed by atoms with Crippen LogP contribution in [0.5, 0.6) is 0 Å². The van der Waals surface area contributed by atoms with Gasteiger partial charge in [-0.1, -0.05) is 13.3 Å². The number of thiazole rings is 1. The Kier molecular flexibility index (Phi) is 4.60. The van der Waals surface area contributed by atoms with Crippen LogP contribution in [0.3, 0.4) is 0 Å². The van der Waals surface area contributed by atoms with Crippen molar-refractivity contribution in [2.75, 3.05) is 19.6 Å². The molecule has 1 aliphatic heterocycles. The molecule has 5 heteroatoms. The zero-order valence-corrected chi connectivity index (χ0v) is 13.5. The lowest BCUT2D eigenvalue weighted by molar-refractivity contribution is 0.0699. The van der Waals surface area contributed by atoms with Crippen molar-refractivity contribution in [3.8, 4) is 0 Å². The molecular formula is C16H24N2O2S. The van der Waals surface area contributed by atoms with E-state index in [1.807, 2.05) is 0 Å². The summed E-state index contributed by atoms with van der Waals surface area (Å²) in [5, 5.41) is 10.4. The zero-order valence-electron chi connectivity index (χ0n) is 12.7. The van der Waals surface area contributed by atoms with Crippen molar-refractivity contribution in [1.29, 1.82) is 0 Å². The van der Waals surface area contributed by atoms with Gasteiger partial charge in [0.15, 0.2) is 0 Å². The van der Waals surface area contributed by atoms with Gasteiger partial charge in [0.25, 0.3) is 0 Å². The molecule has 1 atom stereocenters. The summed E-state index contributed by atoms with van der Waals surface area (Å²) in [4.78, 5) is 19.0. The van der Waals surface area contributed by atoms with Gasteiger partial charge in [-0.05, 0) is 38.1 Å². The fourth-order valence-corrected chi connectivity index (χ4v) is 4.32. The van der Waals surface area contributed by atoms with Gasteiger partial charge in [-0.15, -0.1) is 11.3 Å². The van der Waals surface area contributed by atoms with Gasteiger partial charge in [0.2, 0.25) is 0 Å². The number of piperidine rings is 1. The van der Waals surface area contributed by atoms with Gasteiger partial charge < -0.3 is 10.0 Å². The summed E-state index contributed by atoms with van der Waals surface area (Å²) < 4.78 is 0. The SMILES string of the molecule is CC1CCCN(CCc2nc(C3CCC3)c(C(=O)O)s2)C1. The Morgan fingerprint density at radius 1 is 1.38 bits per heavy atom. The van der Waals surface area contributed by atoms with Crippen LogP contribution in [0.25, 0.3) is 0 Å². The van der Waals surface area contributed by atoms with E-state index in [-0.39, 0.29) is 0 Å². The molecule has 0 spiro atoms. The summed E-state index contributed by atoms with van der Waals surface area (Å²) in [5.74, 6) is 0.388. The lowest BCUT2D eigenvalue weighted by atomic mass is 9.82. The Hall–Kier alpha value is -0.940. The summed E-state index contributed by atoms with van der Waals surface area (Å²) in [6.07, 6.45) is 6.93. The van der Waals surface area contributed by atoms with E-state index in [0.29, 0.717) is 10.8 Å². The molecule has 0 bridgehead atoms. The van der Waals surface area contributed by atoms with E-state index in [4.69, 9.17) is 0 Å². The predicted molar refractivity (Wildman–Crippen MR) is 84.2 cm³/mol. The van der Waals surface area contributed by atoms with Gasteiger partial charge in [0.05, 0.1) is 10.7 Å². The Morgan fingerprint density at radius 2 is 2.19 bits per heavy atom. The van der Waals surface area contributed by atoms with Crippen LogP contribution in [0.15, 0.2) is 0 Å². The Labute approximate surface area is 130 Å². The molecule has 2 heterocycles. The zero-order chi connectivity index (χ0) is 14.8. The molecule has 116 valence electrons. The van der Waals surface area contributed by atoms with Crippen LogP contribution in [0, 0.1) is 5.92 Å². The molecule has 1 aromatic rings. The van der Waals surface area contributed by atoms with E-state index in [1.165, 1.54) is 43.7 Å². The number of hydrogen-bond donors (Lipinski definition) is 1. The van der Waals surface area contributed by atoms with E-state index >= 15 is 0 Å². The number of aromatic carboxylic acids is 1. The van der Waals surface area contributed by atoms with Crippen molar-refractivity contribution in [3.63, 3.8) is 0 Å². The topological polar surface area (TPSA) is 53.4 Å². The van der Waals surface area contributed by atoms with Gasteiger partial charge in [0, 0.05) is 25.4 Å². The summed E-state index contributed by atoms with van der Waals surface area (Å²) >= 11 is 1.40. The van der Waals surface area contributed by atoms with E-state index in [0.717, 1.165) is 42.4 Å². The summed E-state index contributed by atoms with van der Waals surface area (Å²) in [6.45, 7) is 5.68. The lowest BCUT2D eigenvalue weighted by Crippen LogP contribution is -2.35. The maximum absolute atomic E-state index is 11.4. The third kappa shape index (κ3) is 3.46. The van der Waals surface area contributed by atoms with Crippen LogP contribution in [-0.2, 0) is 6.42 Å². The maximum atomic E-state index is 11.4. The second kappa shape index (κ2) is 6.44. The molecule has 1 N–H and O–H groups in total. The van der Waals surface area contributed by atoms with Crippen LogP contribution >= 0.6 is 11.3 Å². The molecule has 0 amide bonds. The van der Waals surface area contributed by atoms with Gasteiger partial charge in [0.1, 0.15) is 4.88 Å². The third-order valence-corrected chi connectivity index (χ3v) is 5.89. The van der Waals surface area contributed by atoms with Crippen LogP contribution in [0.1, 0.15) is 65.3 Å². The van der Waals surface area contributed by atoms with E-state index in [1.54, 1.807) is 0 Å². The normalized spacial score (nSPS) is 24.0. The van der Waals surface area contributed by atoms with Gasteiger partial charge in [-0.2, -0.15) is 0 Å². The minimum Gasteiger partial charge on any atom is -0.477 e. The van der Waals surface area contributed by atoms with Gasteiger partial charge in [-0.25, -0.2) is 9.78 Å². The molecule has 21 heavy (non-hydrogen) atoms. The van der Waals surface area contributed by atoms with Crippen molar-refractivity contribution in [1.82, 2.24) is 9.88 Å². The molecule has 0 radical (unpaired) electrons. The molecule has 0 aromatic carbocycles. The number of rotatable bonds is 5. The monoisotopic (exact) mass is 308 g/mol. The van der Waals surface area contributed by atoms with Crippen LogP contribution < -0.4 is 0 Å². The van der Waals surface area contributed by atoms with E-state index < -0.39 is 5.97 Å². The fraction of sp³-hybridized carbons (Fsp3) is 0.750. The Morgan fingerprint density at radius 3 is 2.81 bits per heavy atom. The third-order valence-electron chi connectivity index (χ3n) is 4.77. The lowest BCUT2D eigenvalue weighted by Gasteiger charge is -2.30. The average molecular weight is 308 g/mol. The number of likely N-dealkylation sites (tertiary alicyclic amines) is 1. The van der Waals surface area contributed by atoms with Crippen LogP contribution in [-0.4, -0.2) is 40.6 Å². The fourth-order valence-electron chi connectivity index (χ4n) is 3.34. The molecule has 3 rings (SSSR count). The first-order valence-electron chi connectivity index (χ1n) is 8.08. The molecule has 2 aliphatic rings. The highest BCUT2D eigenvalue weighted by Crippen LogP contribution is 2.39. The van der Waals surface area contributed by atoms with Crippen molar-refractivity contribution in [2.45, 2.75) is 51.4 Å². The summed E-state index contributed by atoms with van der Waals surface area (Å²) in [5.41, 5.74) is 0.862. The maximum Gasteiger partial charge on any atom is 0.347 e. The van der Waals surface area contributed by atoms with Crippen LogP contribution in [0.4, 0.5) is 0 Å². The highest BCUT2D eigenvalue weighted by atomic mass is 32.1. The number of carboxylic acid groups (broad SMARTS) is 1. The smallest absolute Gasteiger partial charge is 0.347 e. The average Bonchev–Trinajstić information content (AvgIpc) is 2.78. The number of carboxylic acids is 1. The molecule has 4 nitrogen and oxygen atoms in total. The summed E-state index contributed by atoms with van der Waals surface area (Å²) in [6, 6.07) is 0. The van der Waals surface area contributed by atoms with Crippen molar-refractivity contribution >= 4 is 17.3 Å². The van der Waals surface area contributed by atoms with Crippen LogP contribution in [0.2, 0.25) is 0 Å². The number of hydrogen-bond acceptors (Lipinski definition) is 4. The molecule has 1 aliphatic carbocycles. The summed E-state index contributed by atoms with van der Waals surface area (Å²) in [7, 11) is 0. The molecule has 1 saturated heterocycles. The number of carbonyl (C=O) groups is 1. The molecule has 1 saturated carbocycles. The number of aromatic nitrogens is 1. The second-order valence-electron chi connectivity index (χ2n) is 6.55. The van der Waals surface area contributed by atoms with E-state index in [9.17, 15) is 9.90 Å². The quantitative estimate of drug-likeness (QED) is 0.906. The van der Waals surface area contributed by atoms with Crippen molar-refractivity contribution < 1.29 is 9.90 Å². The first kappa shape index (κ1) is 15.0. The first-order chi connectivity index (χ1) is 10.1. The van der Waals surface area contributed by atoms with Crippen molar-refractivity contribution in [2.24, 2.45) is 5.92 Å². The van der Waals surface area contributed by atoms with E-state index in [2.05, 4.69) is 16.8 Å². The highest BCUT2D eigenvalue weighted by Gasteiger charge is 2.28. The Balaban J connectivity index is 1.63. The largest absolute Gasteiger partial charge is 0.477 e. The number of nitrogens with zero attached hydrogens (tertiary/aromatic N) is 2. The minimum absolute atomic E-state index is 0.399. The predicted octanol–water partition coefficient (Wildman–Crippen LogP) is 3.38. The first-order valence-corrected chi connectivity index (χ1v) is 8.90. The molecule has 1 unspecified atom stereocenters. The Bertz CT molecular complexity index is 510. The highest BCUT2D eigenvalue weighted by molar-refractivity contribution is 7.13. The second-order valence-corrected chi connectivity index (χ2v) is 7.64. The van der Waals surface area contributed by atoms with Gasteiger partial charge in [-0.3, -0.25) is 0 Å². The molecule has 2 fully saturated rings. The van der Waals surface area contributed by atoms with Crippen molar-refractivity contribution in [3.05, 3.63) is 15.6 Å². The minimum atomic E-state index is -0.799. The van der Waals surface area contributed by atoms with Gasteiger partial charge >= 0.3 is 5.97 Å². The molecule has 1 aromatic heterocycles. The molecular weight excluding hydrogens is 284 g/mol. The standard InChI is InChI=1S/C16H24N2O2S/c1-11-4-3-8-18(10-11)9-7-13-17-14(12-5-2-6-12)15(21-13)16(19)20/h11-12H,2-10H2,1H3,(H,19,20).